The fourth-order valence-corrected chi connectivity index (χ4v) is 2.85. The lowest BCUT2D eigenvalue weighted by molar-refractivity contribution is 0.0768. The highest BCUT2D eigenvalue weighted by Crippen LogP contribution is 2.27. The third-order valence-corrected chi connectivity index (χ3v) is 4.05. The zero-order valence-electron chi connectivity index (χ0n) is 12.5. The minimum Gasteiger partial charge on any atom is -0.338 e. The number of carbonyl (C=O) groups is 1. The number of nitrogens with zero attached hydrogens (tertiary/aromatic N) is 3. The molecule has 0 spiro atoms. The van der Waals surface area contributed by atoms with Gasteiger partial charge >= 0.3 is 0 Å². The topological polar surface area (TPSA) is 52.2 Å². The number of aromatic nitrogens is 2. The molecule has 0 saturated carbocycles. The third-order valence-electron chi connectivity index (χ3n) is 4.05. The molecule has 1 saturated heterocycles. The van der Waals surface area contributed by atoms with E-state index >= 15 is 0 Å². The van der Waals surface area contributed by atoms with E-state index in [1.54, 1.807) is 6.20 Å². The Morgan fingerprint density at radius 1 is 1.47 bits per heavy atom. The van der Waals surface area contributed by atoms with E-state index in [9.17, 15) is 4.79 Å². The molecule has 2 unspecified atom stereocenters. The number of aromatic amines is 1. The molecule has 1 fully saturated rings. The number of amides is 1. The maximum atomic E-state index is 12.4. The molecule has 0 aromatic carbocycles. The van der Waals surface area contributed by atoms with Crippen molar-refractivity contribution in [2.75, 3.05) is 27.2 Å². The molecule has 1 amide bonds. The van der Waals surface area contributed by atoms with Gasteiger partial charge in [0.15, 0.2) is 5.82 Å². The molecular formula is C14H24N4O. The zero-order chi connectivity index (χ0) is 14.2. The van der Waals surface area contributed by atoms with E-state index in [2.05, 4.69) is 42.8 Å². The summed E-state index contributed by atoms with van der Waals surface area (Å²) in [6.45, 7) is 7.97. The molecule has 2 atom stereocenters. The van der Waals surface area contributed by atoms with Gasteiger partial charge in [0.1, 0.15) is 0 Å². The van der Waals surface area contributed by atoms with Crippen LogP contribution in [0.1, 0.15) is 30.2 Å². The number of nitrogens with one attached hydrogen (secondary N) is 1. The monoisotopic (exact) mass is 264 g/mol. The highest BCUT2D eigenvalue weighted by molar-refractivity contribution is 5.90. The summed E-state index contributed by atoms with van der Waals surface area (Å²) in [5, 5.41) is 0. The summed E-state index contributed by atoms with van der Waals surface area (Å²) in [5.74, 6) is 1.57. The summed E-state index contributed by atoms with van der Waals surface area (Å²) in [4.78, 5) is 23.7. The Labute approximate surface area is 115 Å². The molecule has 1 aromatic rings. The number of aryl methyl sites for hydroxylation is 1. The van der Waals surface area contributed by atoms with Gasteiger partial charge in [0.25, 0.3) is 5.91 Å². The van der Waals surface area contributed by atoms with Crippen molar-refractivity contribution in [1.29, 1.82) is 0 Å². The van der Waals surface area contributed by atoms with Crippen molar-refractivity contribution in [3.05, 3.63) is 17.7 Å². The molecule has 1 aliphatic rings. The number of imidazole rings is 1. The van der Waals surface area contributed by atoms with Gasteiger partial charge in [0.05, 0.1) is 0 Å². The van der Waals surface area contributed by atoms with Gasteiger partial charge in [-0.3, -0.25) is 4.79 Å². The molecule has 1 aliphatic heterocycles. The summed E-state index contributed by atoms with van der Waals surface area (Å²) >= 11 is 0. The SMILES string of the molecule is Cc1cnc(C(=O)N2CC(C(C)C)C(N(C)C)C2)[nH]1. The van der Waals surface area contributed by atoms with Crippen LogP contribution in [0.4, 0.5) is 0 Å². The van der Waals surface area contributed by atoms with Crippen molar-refractivity contribution >= 4 is 5.91 Å². The average Bonchev–Trinajstić information content (AvgIpc) is 2.93. The predicted octanol–water partition coefficient (Wildman–Crippen LogP) is 1.38. The lowest BCUT2D eigenvalue weighted by Crippen LogP contribution is -2.37. The number of likely N-dealkylation sites (tertiary alicyclic amines) is 1. The van der Waals surface area contributed by atoms with E-state index in [-0.39, 0.29) is 5.91 Å². The Hall–Kier alpha value is -1.36. The van der Waals surface area contributed by atoms with Crippen molar-refractivity contribution in [2.24, 2.45) is 11.8 Å². The fourth-order valence-electron chi connectivity index (χ4n) is 2.85. The van der Waals surface area contributed by atoms with Crippen molar-refractivity contribution in [1.82, 2.24) is 19.8 Å². The summed E-state index contributed by atoms with van der Waals surface area (Å²) < 4.78 is 0. The van der Waals surface area contributed by atoms with Gasteiger partial charge in [-0.15, -0.1) is 0 Å². The van der Waals surface area contributed by atoms with Crippen molar-refractivity contribution < 1.29 is 4.79 Å². The number of hydrogen-bond acceptors (Lipinski definition) is 3. The van der Waals surface area contributed by atoms with Crippen LogP contribution in [0, 0.1) is 18.8 Å². The Balaban J connectivity index is 2.13. The van der Waals surface area contributed by atoms with Crippen LogP contribution in [0.3, 0.4) is 0 Å². The molecule has 1 N–H and O–H groups in total. The van der Waals surface area contributed by atoms with Crippen LogP contribution >= 0.6 is 0 Å². The number of likely N-dealkylation sites (N-methyl/N-ethyl adjacent to an activating group) is 1. The van der Waals surface area contributed by atoms with Gasteiger partial charge in [-0.1, -0.05) is 13.8 Å². The van der Waals surface area contributed by atoms with Crippen LogP contribution in [-0.4, -0.2) is 58.9 Å². The van der Waals surface area contributed by atoms with E-state index in [1.165, 1.54) is 0 Å². The van der Waals surface area contributed by atoms with E-state index in [1.807, 2.05) is 11.8 Å². The minimum absolute atomic E-state index is 0.0168. The smallest absolute Gasteiger partial charge is 0.289 e. The Bertz CT molecular complexity index is 436. The fraction of sp³-hybridized carbons (Fsp3) is 0.714. The first-order valence-electron chi connectivity index (χ1n) is 6.87. The quantitative estimate of drug-likeness (QED) is 0.897. The van der Waals surface area contributed by atoms with Crippen LogP contribution in [0.2, 0.25) is 0 Å². The number of rotatable bonds is 3. The predicted molar refractivity (Wildman–Crippen MR) is 75.0 cm³/mol. The molecule has 0 radical (unpaired) electrons. The van der Waals surface area contributed by atoms with Gasteiger partial charge < -0.3 is 14.8 Å². The van der Waals surface area contributed by atoms with Crippen LogP contribution in [-0.2, 0) is 0 Å². The molecular weight excluding hydrogens is 240 g/mol. The lowest BCUT2D eigenvalue weighted by atomic mass is 9.91. The Morgan fingerprint density at radius 2 is 2.16 bits per heavy atom. The average molecular weight is 264 g/mol. The summed E-state index contributed by atoms with van der Waals surface area (Å²) in [7, 11) is 4.18. The summed E-state index contributed by atoms with van der Waals surface area (Å²) in [6, 6.07) is 0.431. The molecule has 2 heterocycles. The Kier molecular flexibility index (Phi) is 3.94. The normalized spacial score (nSPS) is 23.6. The van der Waals surface area contributed by atoms with Crippen molar-refractivity contribution in [3.63, 3.8) is 0 Å². The molecule has 5 nitrogen and oxygen atoms in total. The molecule has 0 bridgehead atoms. The minimum atomic E-state index is 0.0168. The van der Waals surface area contributed by atoms with E-state index in [4.69, 9.17) is 0 Å². The molecule has 5 heteroatoms. The lowest BCUT2D eigenvalue weighted by Gasteiger charge is -2.27. The highest BCUT2D eigenvalue weighted by atomic mass is 16.2. The first kappa shape index (κ1) is 14.1. The maximum absolute atomic E-state index is 12.4. The second kappa shape index (κ2) is 5.33. The molecule has 1 aromatic heterocycles. The number of carbonyl (C=O) groups excluding carboxylic acids is 1. The molecule has 0 aliphatic carbocycles. The van der Waals surface area contributed by atoms with Crippen LogP contribution < -0.4 is 0 Å². The van der Waals surface area contributed by atoms with E-state index in [0.717, 1.165) is 18.8 Å². The first-order valence-corrected chi connectivity index (χ1v) is 6.87. The zero-order valence-corrected chi connectivity index (χ0v) is 12.5. The second-order valence-electron chi connectivity index (χ2n) is 6.06. The highest BCUT2D eigenvalue weighted by Gasteiger charge is 2.38. The van der Waals surface area contributed by atoms with Crippen molar-refractivity contribution in [2.45, 2.75) is 26.8 Å². The first-order chi connectivity index (χ1) is 8.90. The summed E-state index contributed by atoms with van der Waals surface area (Å²) in [6.07, 6.45) is 1.70. The van der Waals surface area contributed by atoms with Gasteiger partial charge in [0.2, 0.25) is 0 Å². The molecule has 2 rings (SSSR count). The largest absolute Gasteiger partial charge is 0.338 e. The standard InChI is InChI=1S/C14H24N4O/c1-9(2)11-7-18(8-12(11)17(4)5)14(19)13-15-6-10(3)16-13/h6,9,11-12H,7-8H2,1-5H3,(H,15,16). The molecule has 19 heavy (non-hydrogen) atoms. The van der Waals surface area contributed by atoms with Crippen LogP contribution in [0.25, 0.3) is 0 Å². The van der Waals surface area contributed by atoms with Gasteiger partial charge in [-0.05, 0) is 32.9 Å². The van der Waals surface area contributed by atoms with E-state index in [0.29, 0.717) is 23.7 Å². The number of hydrogen-bond donors (Lipinski definition) is 1. The maximum Gasteiger partial charge on any atom is 0.289 e. The van der Waals surface area contributed by atoms with Crippen LogP contribution in [0.5, 0.6) is 0 Å². The van der Waals surface area contributed by atoms with Crippen molar-refractivity contribution in [3.8, 4) is 0 Å². The third kappa shape index (κ3) is 2.81. The molecule has 106 valence electrons. The van der Waals surface area contributed by atoms with Gasteiger partial charge in [0, 0.05) is 31.0 Å². The van der Waals surface area contributed by atoms with Gasteiger partial charge in [-0.2, -0.15) is 0 Å². The van der Waals surface area contributed by atoms with E-state index < -0.39 is 0 Å². The number of H-pyrrole nitrogens is 1. The summed E-state index contributed by atoms with van der Waals surface area (Å²) in [5.41, 5.74) is 0.923. The van der Waals surface area contributed by atoms with Gasteiger partial charge in [-0.25, -0.2) is 4.98 Å². The van der Waals surface area contributed by atoms with Crippen LogP contribution in [0.15, 0.2) is 6.20 Å². The Morgan fingerprint density at radius 3 is 2.58 bits per heavy atom. The second-order valence-corrected chi connectivity index (χ2v) is 6.06.